The molecule has 2 aliphatic rings. The van der Waals surface area contributed by atoms with Crippen LogP contribution in [0.4, 0.5) is 14.6 Å². The molecule has 2 saturated heterocycles. The number of alkyl halides is 2. The Balaban J connectivity index is 1.59. The molecule has 2 aliphatic heterocycles. The molecule has 3 aromatic heterocycles. The largest absolute Gasteiger partial charge is 0.381 e. The first-order chi connectivity index (χ1) is 16.2. The molecule has 0 aliphatic carbocycles. The van der Waals surface area contributed by atoms with Crippen LogP contribution in [0.2, 0.25) is 0 Å². The molecule has 4 aromatic rings. The van der Waals surface area contributed by atoms with Crippen LogP contribution in [0.25, 0.3) is 28.0 Å². The normalized spacial score (nSPS) is 18.1. The molecule has 2 fully saturated rings. The summed E-state index contributed by atoms with van der Waals surface area (Å²) in [5, 5.41) is 5.45. The molecule has 5 heterocycles. The maximum Gasteiger partial charge on any atom is 0.296 e. The van der Waals surface area contributed by atoms with Crippen molar-refractivity contribution in [3.8, 4) is 5.95 Å². The molecule has 0 saturated carbocycles. The highest BCUT2D eigenvalue weighted by atomic mass is 19.3. The molecule has 0 atom stereocenters. The number of ether oxygens (including phenoxy) is 2. The summed E-state index contributed by atoms with van der Waals surface area (Å²) in [5.74, 6) is 0.469. The van der Waals surface area contributed by atoms with Crippen molar-refractivity contribution < 1.29 is 18.3 Å². The van der Waals surface area contributed by atoms with Gasteiger partial charge in [0, 0.05) is 26.3 Å². The summed E-state index contributed by atoms with van der Waals surface area (Å²) in [6.45, 7) is 3.77. The van der Waals surface area contributed by atoms with Crippen molar-refractivity contribution in [1.29, 1.82) is 0 Å². The number of fused-ring (bicyclic) bond motifs is 2. The van der Waals surface area contributed by atoms with Gasteiger partial charge < -0.3 is 14.4 Å². The molecular weight excluding hydrogens is 432 g/mol. The average molecular weight is 455 g/mol. The van der Waals surface area contributed by atoms with E-state index in [1.54, 1.807) is 30.5 Å². The van der Waals surface area contributed by atoms with E-state index in [0.29, 0.717) is 62.0 Å². The van der Waals surface area contributed by atoms with Crippen molar-refractivity contribution >= 4 is 27.9 Å². The van der Waals surface area contributed by atoms with Crippen molar-refractivity contribution in [1.82, 2.24) is 29.3 Å². The van der Waals surface area contributed by atoms with Gasteiger partial charge >= 0.3 is 0 Å². The number of imidazole rings is 1. The zero-order chi connectivity index (χ0) is 22.4. The highest BCUT2D eigenvalue weighted by Crippen LogP contribution is 2.32. The van der Waals surface area contributed by atoms with E-state index in [2.05, 4.69) is 15.0 Å². The average Bonchev–Trinajstić information content (AvgIpc) is 3.46. The van der Waals surface area contributed by atoms with Crippen LogP contribution in [0.5, 0.6) is 0 Å². The predicted octanol–water partition coefficient (Wildman–Crippen LogP) is 3.29. The number of morpholine rings is 1. The van der Waals surface area contributed by atoms with Gasteiger partial charge in [0.15, 0.2) is 11.5 Å². The van der Waals surface area contributed by atoms with E-state index in [9.17, 15) is 8.78 Å². The zero-order valence-corrected chi connectivity index (χ0v) is 17.9. The first-order valence-electron chi connectivity index (χ1n) is 11.1. The number of halogens is 2. The van der Waals surface area contributed by atoms with Gasteiger partial charge in [-0.3, -0.25) is 4.57 Å². The van der Waals surface area contributed by atoms with E-state index in [-0.39, 0.29) is 17.8 Å². The highest BCUT2D eigenvalue weighted by molar-refractivity contribution is 5.88. The van der Waals surface area contributed by atoms with E-state index in [0.717, 1.165) is 18.2 Å². The minimum Gasteiger partial charge on any atom is -0.381 e. The first kappa shape index (κ1) is 20.4. The SMILES string of the molecule is FC(F)c1nc2ccccc2n1-c1nc(N2CCOCC2)c2cnn(C3CCOCC3)c2n1. The lowest BCUT2D eigenvalue weighted by atomic mass is 10.1. The van der Waals surface area contributed by atoms with Gasteiger partial charge in [-0.1, -0.05) is 12.1 Å². The molecule has 11 heteroatoms. The third kappa shape index (κ3) is 3.51. The Morgan fingerprint density at radius 2 is 1.70 bits per heavy atom. The third-order valence-electron chi connectivity index (χ3n) is 6.25. The van der Waals surface area contributed by atoms with Gasteiger partial charge in [0.05, 0.1) is 41.9 Å². The lowest BCUT2D eigenvalue weighted by molar-refractivity contribution is 0.0673. The Kier molecular flexibility index (Phi) is 5.14. The molecule has 6 rings (SSSR count). The molecule has 9 nitrogen and oxygen atoms in total. The molecule has 1 aromatic carbocycles. The fraction of sp³-hybridized carbons (Fsp3) is 0.455. The summed E-state index contributed by atoms with van der Waals surface area (Å²) in [4.78, 5) is 15.8. The monoisotopic (exact) mass is 455 g/mol. The molecule has 0 N–H and O–H groups in total. The number of benzene rings is 1. The fourth-order valence-corrected chi connectivity index (χ4v) is 4.61. The molecule has 33 heavy (non-hydrogen) atoms. The van der Waals surface area contributed by atoms with E-state index in [4.69, 9.17) is 19.4 Å². The van der Waals surface area contributed by atoms with Gasteiger partial charge in [0.1, 0.15) is 5.82 Å². The van der Waals surface area contributed by atoms with Crippen molar-refractivity contribution in [2.24, 2.45) is 0 Å². The zero-order valence-electron chi connectivity index (χ0n) is 17.9. The van der Waals surface area contributed by atoms with Gasteiger partial charge in [0.2, 0.25) is 5.95 Å². The number of nitrogens with zero attached hydrogens (tertiary/aromatic N) is 7. The van der Waals surface area contributed by atoms with Crippen LogP contribution >= 0.6 is 0 Å². The summed E-state index contributed by atoms with van der Waals surface area (Å²) >= 11 is 0. The highest BCUT2D eigenvalue weighted by Gasteiger charge is 2.27. The van der Waals surface area contributed by atoms with Crippen molar-refractivity contribution in [2.45, 2.75) is 25.3 Å². The lowest BCUT2D eigenvalue weighted by Gasteiger charge is -2.28. The van der Waals surface area contributed by atoms with Gasteiger partial charge in [0.25, 0.3) is 6.43 Å². The maximum absolute atomic E-state index is 14.0. The van der Waals surface area contributed by atoms with Crippen LogP contribution in [-0.2, 0) is 9.47 Å². The molecule has 0 bridgehead atoms. The second-order valence-corrected chi connectivity index (χ2v) is 8.21. The van der Waals surface area contributed by atoms with Gasteiger partial charge in [-0.25, -0.2) is 18.4 Å². The number of anilines is 1. The molecule has 0 unspecified atom stereocenters. The van der Waals surface area contributed by atoms with Gasteiger partial charge in [-0.2, -0.15) is 15.1 Å². The number of rotatable bonds is 4. The summed E-state index contributed by atoms with van der Waals surface area (Å²) in [7, 11) is 0. The Labute approximate surface area is 187 Å². The molecule has 0 spiro atoms. The summed E-state index contributed by atoms with van der Waals surface area (Å²) in [6, 6.07) is 7.17. The van der Waals surface area contributed by atoms with Gasteiger partial charge in [-0.15, -0.1) is 0 Å². The smallest absolute Gasteiger partial charge is 0.296 e. The van der Waals surface area contributed by atoms with Crippen molar-refractivity contribution in [2.75, 3.05) is 44.4 Å². The topological polar surface area (TPSA) is 83.1 Å². The molecule has 0 radical (unpaired) electrons. The summed E-state index contributed by atoms with van der Waals surface area (Å²) in [5.41, 5.74) is 1.64. The van der Waals surface area contributed by atoms with E-state index in [1.807, 2.05) is 4.68 Å². The van der Waals surface area contributed by atoms with Gasteiger partial charge in [-0.05, 0) is 25.0 Å². The van der Waals surface area contributed by atoms with Crippen LogP contribution in [0.15, 0.2) is 30.5 Å². The minimum absolute atomic E-state index is 0.130. The van der Waals surface area contributed by atoms with Crippen molar-refractivity contribution in [3.05, 3.63) is 36.3 Å². The lowest BCUT2D eigenvalue weighted by Crippen LogP contribution is -2.37. The predicted molar refractivity (Wildman–Crippen MR) is 117 cm³/mol. The second-order valence-electron chi connectivity index (χ2n) is 8.21. The Morgan fingerprint density at radius 3 is 2.48 bits per heavy atom. The van der Waals surface area contributed by atoms with Crippen molar-refractivity contribution in [3.63, 3.8) is 0 Å². The molecule has 172 valence electrons. The van der Waals surface area contributed by atoms with Crippen LogP contribution in [0.1, 0.15) is 31.1 Å². The first-order valence-corrected chi connectivity index (χ1v) is 11.1. The van der Waals surface area contributed by atoms with E-state index >= 15 is 0 Å². The van der Waals surface area contributed by atoms with Crippen LogP contribution < -0.4 is 4.90 Å². The number of para-hydroxylation sites is 2. The van der Waals surface area contributed by atoms with E-state index < -0.39 is 6.43 Å². The Bertz CT molecular complexity index is 1290. The number of aromatic nitrogens is 6. The summed E-state index contributed by atoms with van der Waals surface area (Å²) in [6.07, 6.45) is 0.641. The van der Waals surface area contributed by atoms with Crippen LogP contribution in [-0.4, -0.2) is 68.8 Å². The van der Waals surface area contributed by atoms with Crippen LogP contribution in [0.3, 0.4) is 0 Å². The minimum atomic E-state index is -2.77. The fourth-order valence-electron chi connectivity index (χ4n) is 4.61. The maximum atomic E-state index is 14.0. The second kappa shape index (κ2) is 8.31. The molecular formula is C22H23F2N7O2. The van der Waals surface area contributed by atoms with Crippen LogP contribution in [0, 0.1) is 0 Å². The summed E-state index contributed by atoms with van der Waals surface area (Å²) < 4.78 is 42.3. The standard InChI is InChI=1S/C22H23F2N7O2/c23-18(24)21-26-16-3-1-2-4-17(16)30(21)22-27-19(29-7-11-33-12-8-29)15-13-25-31(20(15)28-22)14-5-9-32-10-6-14/h1-4,13-14,18H,5-12H2. The number of hydrogen-bond acceptors (Lipinski definition) is 7. The quantitative estimate of drug-likeness (QED) is 0.467. The molecule has 0 amide bonds. The Morgan fingerprint density at radius 1 is 0.939 bits per heavy atom. The third-order valence-corrected chi connectivity index (χ3v) is 6.25. The number of hydrogen-bond donors (Lipinski definition) is 0. The Hall–Kier alpha value is -3.18. The van der Waals surface area contributed by atoms with E-state index in [1.165, 1.54) is 4.57 Å².